The van der Waals surface area contributed by atoms with Gasteiger partial charge in [0, 0.05) is 17.6 Å². The summed E-state index contributed by atoms with van der Waals surface area (Å²) in [5.41, 5.74) is 1.70. The van der Waals surface area contributed by atoms with Crippen molar-refractivity contribution < 1.29 is 8.42 Å². The van der Waals surface area contributed by atoms with Crippen LogP contribution in [0.2, 0.25) is 0 Å². The number of hydrogen-bond acceptors (Lipinski definition) is 5. The predicted octanol–water partition coefficient (Wildman–Crippen LogP) is 0.314. The van der Waals surface area contributed by atoms with Crippen molar-refractivity contribution in [1.82, 2.24) is 15.0 Å². The van der Waals surface area contributed by atoms with Crippen LogP contribution in [0.25, 0.3) is 0 Å². The van der Waals surface area contributed by atoms with Crippen LogP contribution < -0.4 is 10.0 Å². The Morgan fingerprint density at radius 1 is 1.50 bits per heavy atom. The lowest BCUT2D eigenvalue weighted by Crippen LogP contribution is -2.41. The van der Waals surface area contributed by atoms with E-state index in [1.165, 1.54) is 11.3 Å². The minimum absolute atomic E-state index is 0.248. The van der Waals surface area contributed by atoms with Crippen LogP contribution >= 0.6 is 11.3 Å². The average molecular weight is 261 g/mol. The van der Waals surface area contributed by atoms with Gasteiger partial charge < -0.3 is 5.32 Å². The second-order valence-corrected chi connectivity index (χ2v) is 6.80. The predicted molar refractivity (Wildman–Crippen MR) is 63.8 cm³/mol. The highest BCUT2D eigenvalue weighted by Crippen LogP contribution is 2.13. The van der Waals surface area contributed by atoms with Gasteiger partial charge in [0.2, 0.25) is 10.0 Å². The lowest BCUT2D eigenvalue weighted by molar-refractivity contribution is 0.489. The largest absolute Gasteiger partial charge is 0.317 e. The lowest BCUT2D eigenvalue weighted by Gasteiger charge is -2.22. The normalized spacial score (nSPS) is 18.8. The number of piperidine rings is 1. The van der Waals surface area contributed by atoms with Crippen molar-refractivity contribution in [3.05, 3.63) is 16.6 Å². The zero-order valence-corrected chi connectivity index (χ0v) is 10.5. The lowest BCUT2D eigenvalue weighted by atomic mass is 10.2. The molecule has 1 aromatic heterocycles. The molecule has 5 nitrogen and oxygen atoms in total. The number of aromatic nitrogens is 1. The third-order valence-electron chi connectivity index (χ3n) is 2.66. The molecule has 1 aliphatic heterocycles. The first-order valence-corrected chi connectivity index (χ1v) is 7.67. The summed E-state index contributed by atoms with van der Waals surface area (Å²) in [6.07, 6.45) is 3.08. The number of rotatable bonds is 4. The summed E-state index contributed by atoms with van der Waals surface area (Å²) in [6, 6.07) is 0. The first-order valence-electron chi connectivity index (χ1n) is 5.25. The SMILES string of the molecule is O=S(=O)(NCc1cncs1)C1CCNCC1. The maximum atomic E-state index is 11.9. The van der Waals surface area contributed by atoms with E-state index in [1.807, 2.05) is 0 Å². The second kappa shape index (κ2) is 5.22. The fraction of sp³-hybridized carbons (Fsp3) is 0.667. The van der Waals surface area contributed by atoms with E-state index in [1.54, 1.807) is 11.7 Å². The Morgan fingerprint density at radius 3 is 2.88 bits per heavy atom. The van der Waals surface area contributed by atoms with Crippen LogP contribution in [0, 0.1) is 0 Å². The molecule has 1 aromatic rings. The van der Waals surface area contributed by atoms with Crippen LogP contribution in [0.3, 0.4) is 0 Å². The molecule has 0 atom stereocenters. The molecule has 1 saturated heterocycles. The molecule has 0 bridgehead atoms. The zero-order valence-electron chi connectivity index (χ0n) is 8.85. The molecular weight excluding hydrogens is 246 g/mol. The van der Waals surface area contributed by atoms with Gasteiger partial charge in [-0.05, 0) is 25.9 Å². The van der Waals surface area contributed by atoms with Crippen molar-refractivity contribution in [2.45, 2.75) is 24.6 Å². The molecule has 2 rings (SSSR count). The Balaban J connectivity index is 1.91. The summed E-state index contributed by atoms with van der Waals surface area (Å²) in [7, 11) is -3.17. The number of sulfonamides is 1. The zero-order chi connectivity index (χ0) is 11.4. The summed E-state index contributed by atoms with van der Waals surface area (Å²) in [6.45, 7) is 1.93. The highest BCUT2D eigenvalue weighted by molar-refractivity contribution is 7.90. The van der Waals surface area contributed by atoms with E-state index in [-0.39, 0.29) is 5.25 Å². The average Bonchev–Trinajstić information content (AvgIpc) is 2.81. The topological polar surface area (TPSA) is 71.1 Å². The monoisotopic (exact) mass is 261 g/mol. The molecule has 0 aliphatic carbocycles. The van der Waals surface area contributed by atoms with Crippen LogP contribution in [0.5, 0.6) is 0 Å². The van der Waals surface area contributed by atoms with E-state index in [4.69, 9.17) is 0 Å². The number of nitrogens with zero attached hydrogens (tertiary/aromatic N) is 1. The van der Waals surface area contributed by atoms with Crippen molar-refractivity contribution in [3.8, 4) is 0 Å². The maximum absolute atomic E-state index is 11.9. The van der Waals surface area contributed by atoms with Crippen molar-refractivity contribution in [2.24, 2.45) is 0 Å². The molecule has 2 heterocycles. The molecule has 0 saturated carbocycles. The molecule has 0 amide bonds. The highest BCUT2D eigenvalue weighted by atomic mass is 32.2. The summed E-state index contributed by atoms with van der Waals surface area (Å²) >= 11 is 1.46. The Labute approximate surface area is 99.3 Å². The van der Waals surface area contributed by atoms with Gasteiger partial charge in [0.05, 0.1) is 10.8 Å². The van der Waals surface area contributed by atoms with Gasteiger partial charge >= 0.3 is 0 Å². The highest BCUT2D eigenvalue weighted by Gasteiger charge is 2.26. The Bertz CT molecular complexity index is 410. The Kier molecular flexibility index (Phi) is 3.91. The van der Waals surface area contributed by atoms with Gasteiger partial charge in [0.15, 0.2) is 0 Å². The first-order chi connectivity index (χ1) is 7.68. The molecule has 0 spiro atoms. The molecule has 0 radical (unpaired) electrons. The minimum atomic E-state index is -3.17. The molecule has 0 unspecified atom stereocenters. The summed E-state index contributed by atoms with van der Waals surface area (Å²) < 4.78 is 26.5. The molecule has 2 N–H and O–H groups in total. The maximum Gasteiger partial charge on any atom is 0.214 e. The molecule has 0 aromatic carbocycles. The molecule has 7 heteroatoms. The van der Waals surface area contributed by atoms with Gasteiger partial charge in [0.1, 0.15) is 0 Å². The van der Waals surface area contributed by atoms with E-state index < -0.39 is 10.0 Å². The van der Waals surface area contributed by atoms with Crippen LogP contribution in [0.15, 0.2) is 11.7 Å². The van der Waals surface area contributed by atoms with E-state index >= 15 is 0 Å². The van der Waals surface area contributed by atoms with Gasteiger partial charge in [-0.2, -0.15) is 0 Å². The number of nitrogens with one attached hydrogen (secondary N) is 2. The van der Waals surface area contributed by atoms with Crippen molar-refractivity contribution in [3.63, 3.8) is 0 Å². The Morgan fingerprint density at radius 2 is 2.25 bits per heavy atom. The fourth-order valence-electron chi connectivity index (χ4n) is 1.72. The van der Waals surface area contributed by atoms with Gasteiger partial charge in [-0.15, -0.1) is 11.3 Å². The minimum Gasteiger partial charge on any atom is -0.317 e. The van der Waals surface area contributed by atoms with Crippen LogP contribution in [-0.4, -0.2) is 31.7 Å². The standard InChI is InChI=1S/C9H15N3O2S2/c13-16(14,9-1-3-10-4-2-9)12-6-8-5-11-7-15-8/h5,7,9-10,12H,1-4,6H2. The van der Waals surface area contributed by atoms with Crippen LogP contribution in [-0.2, 0) is 16.6 Å². The van der Waals surface area contributed by atoms with Crippen molar-refractivity contribution in [1.29, 1.82) is 0 Å². The van der Waals surface area contributed by atoms with Crippen molar-refractivity contribution >= 4 is 21.4 Å². The van der Waals surface area contributed by atoms with Gasteiger partial charge in [-0.25, -0.2) is 13.1 Å². The quantitative estimate of drug-likeness (QED) is 0.818. The second-order valence-electron chi connectivity index (χ2n) is 3.78. The van der Waals surface area contributed by atoms with E-state index in [2.05, 4.69) is 15.0 Å². The molecule has 1 aliphatic rings. The first kappa shape index (κ1) is 12.0. The van der Waals surface area contributed by atoms with Gasteiger partial charge in [0.25, 0.3) is 0 Å². The molecule has 16 heavy (non-hydrogen) atoms. The van der Waals surface area contributed by atoms with E-state index in [0.717, 1.165) is 18.0 Å². The number of hydrogen-bond donors (Lipinski definition) is 2. The van der Waals surface area contributed by atoms with E-state index in [9.17, 15) is 8.42 Å². The summed E-state index contributed by atoms with van der Waals surface area (Å²) in [4.78, 5) is 4.85. The third-order valence-corrected chi connectivity index (χ3v) is 5.33. The summed E-state index contributed by atoms with van der Waals surface area (Å²) in [5, 5.41) is 2.91. The molecule has 1 fully saturated rings. The van der Waals surface area contributed by atoms with Gasteiger partial charge in [-0.1, -0.05) is 0 Å². The number of thiazole rings is 1. The fourth-order valence-corrected chi connectivity index (χ4v) is 3.80. The molecular formula is C9H15N3O2S2. The van der Waals surface area contributed by atoms with Crippen LogP contribution in [0.1, 0.15) is 17.7 Å². The van der Waals surface area contributed by atoms with E-state index in [0.29, 0.717) is 19.4 Å². The summed E-state index contributed by atoms with van der Waals surface area (Å²) in [5.74, 6) is 0. The smallest absolute Gasteiger partial charge is 0.214 e. The van der Waals surface area contributed by atoms with Crippen LogP contribution in [0.4, 0.5) is 0 Å². The molecule has 90 valence electrons. The van der Waals surface area contributed by atoms with Crippen molar-refractivity contribution in [2.75, 3.05) is 13.1 Å². The third kappa shape index (κ3) is 3.00. The Hall–Kier alpha value is -0.500. The van der Waals surface area contributed by atoms with Gasteiger partial charge in [-0.3, -0.25) is 4.98 Å².